The molecule has 18 heteroatoms. The van der Waals surface area contributed by atoms with E-state index < -0.39 is 113 Å². The van der Waals surface area contributed by atoms with E-state index in [9.17, 15) is 45.0 Å². The molecular formula is C59H101N3O15. The van der Waals surface area contributed by atoms with Crippen LogP contribution in [-0.4, -0.2) is 195 Å². The fourth-order valence-electron chi connectivity index (χ4n) is 15.8. The number of rotatable bonds is 12. The van der Waals surface area contributed by atoms with Gasteiger partial charge < -0.3 is 69.3 Å². The van der Waals surface area contributed by atoms with Crippen molar-refractivity contribution in [2.75, 3.05) is 40.8 Å². The van der Waals surface area contributed by atoms with Crippen molar-refractivity contribution < 1.29 is 73.4 Å². The zero-order valence-electron chi connectivity index (χ0n) is 49.2. The number of nitrogens with one attached hydrogen (secondary N) is 1. The number of amides is 1. The van der Waals surface area contributed by atoms with Crippen molar-refractivity contribution in [3.63, 3.8) is 0 Å². The SMILES string of the molecule is CC[C@H]1OC(=O)[C@H](C)[C@@H](O[C@@H]2C[C@](C)(OC)[C@H](O)[C@@H](C)O2)C[C@@H](O[C@H]2O[C@@H](C)C[C@H](N(C)C)C2O)C(C)(C)CCCN(CCCNC(=O)[C@@]2(O)CCC3C4CCC5=CC(=O)CC[C@]5(C)C4C(O)C[C@@]32C)[C@H](C)[C@H](O)[C@@]1(C)O. The molecular weight excluding hydrogens is 991 g/mol. The van der Waals surface area contributed by atoms with E-state index in [-0.39, 0.29) is 66.9 Å². The Hall–Kier alpha value is -2.17. The molecule has 1 amide bonds. The highest BCUT2D eigenvalue weighted by molar-refractivity contribution is 5.91. The van der Waals surface area contributed by atoms with E-state index in [4.69, 9.17) is 28.4 Å². The Kier molecular flexibility index (Phi) is 19.4. The highest BCUT2D eigenvalue weighted by atomic mass is 16.7. The maximum Gasteiger partial charge on any atom is 0.311 e. The molecule has 0 aromatic heterocycles. The van der Waals surface area contributed by atoms with Crippen molar-refractivity contribution in [2.45, 2.75) is 262 Å². The van der Waals surface area contributed by atoms with Crippen molar-refractivity contribution in [3.05, 3.63) is 11.6 Å². The summed E-state index contributed by atoms with van der Waals surface area (Å²) in [6, 6.07) is -0.902. The molecule has 3 aliphatic heterocycles. The summed E-state index contributed by atoms with van der Waals surface area (Å²) in [5, 5.41) is 74.9. The number of aliphatic hydroxyl groups excluding tert-OH is 4. The highest BCUT2D eigenvalue weighted by Crippen LogP contribution is 2.67. The minimum absolute atomic E-state index is 0.0377. The molecule has 7 rings (SSSR count). The second-order valence-electron chi connectivity index (χ2n) is 26.8. The van der Waals surface area contributed by atoms with E-state index in [1.165, 1.54) is 14.0 Å². The summed E-state index contributed by atoms with van der Waals surface area (Å²) < 4.78 is 38.4. The second-order valence-corrected chi connectivity index (χ2v) is 26.8. The number of hydrogen-bond acceptors (Lipinski definition) is 17. The number of fused-ring (bicyclic) bond motifs is 5. The Balaban J connectivity index is 1.11. The number of methoxy groups -OCH3 is 1. The van der Waals surface area contributed by atoms with E-state index >= 15 is 0 Å². The Morgan fingerprint density at radius 3 is 2.26 bits per heavy atom. The summed E-state index contributed by atoms with van der Waals surface area (Å²) in [7, 11) is 5.36. The largest absolute Gasteiger partial charge is 0.459 e. The maximum atomic E-state index is 14.6. The van der Waals surface area contributed by atoms with Gasteiger partial charge in [0.05, 0.1) is 42.0 Å². The van der Waals surface area contributed by atoms with Crippen LogP contribution < -0.4 is 5.32 Å². The van der Waals surface area contributed by atoms with Crippen LogP contribution in [0.4, 0.5) is 0 Å². The van der Waals surface area contributed by atoms with E-state index in [2.05, 4.69) is 31.0 Å². The van der Waals surface area contributed by atoms with Gasteiger partial charge in [-0.2, -0.15) is 0 Å². The number of esters is 1. The molecule has 4 aliphatic carbocycles. The zero-order valence-corrected chi connectivity index (χ0v) is 49.2. The fourth-order valence-corrected chi connectivity index (χ4v) is 15.8. The monoisotopic (exact) mass is 1090 g/mol. The predicted octanol–water partition coefficient (Wildman–Crippen LogP) is 4.79. The molecule has 0 spiro atoms. The zero-order chi connectivity index (χ0) is 57.0. The van der Waals surface area contributed by atoms with Crippen LogP contribution in [0.1, 0.15) is 166 Å². The van der Waals surface area contributed by atoms with Gasteiger partial charge in [-0.3, -0.25) is 19.3 Å². The quantitative estimate of drug-likeness (QED) is 0.103. The number of nitrogens with zero attached hydrogens (tertiary/aromatic N) is 2. The number of carbonyl (C=O) groups excluding carboxylic acids is 3. The minimum atomic E-state index is -1.91. The third kappa shape index (κ3) is 12.2. The predicted molar refractivity (Wildman–Crippen MR) is 288 cm³/mol. The molecule has 0 aromatic carbocycles. The molecule has 442 valence electrons. The van der Waals surface area contributed by atoms with Crippen LogP contribution in [0.5, 0.6) is 0 Å². The topological polar surface area (TPSA) is 246 Å². The van der Waals surface area contributed by atoms with E-state index in [1.807, 2.05) is 45.8 Å². The molecule has 3 saturated heterocycles. The molecule has 5 unspecified atom stereocenters. The fraction of sp³-hybridized carbons (Fsp3) is 0.915. The lowest BCUT2D eigenvalue weighted by Gasteiger charge is -2.60. The van der Waals surface area contributed by atoms with Crippen LogP contribution in [0, 0.1) is 39.9 Å². The number of likely N-dealkylation sites (N-methyl/N-ethyl adjacent to an activating group) is 1. The first-order valence-electron chi connectivity index (χ1n) is 29.4. The number of ether oxygens (including phenoxy) is 6. The number of ketones is 1. The van der Waals surface area contributed by atoms with Crippen molar-refractivity contribution in [1.82, 2.24) is 15.1 Å². The summed E-state index contributed by atoms with van der Waals surface area (Å²) in [5.41, 5.74) is -5.27. The number of aliphatic hydroxyl groups is 6. The summed E-state index contributed by atoms with van der Waals surface area (Å²) in [5.74, 6) is -1.80. The lowest BCUT2D eigenvalue weighted by Crippen LogP contribution is -2.63. The Morgan fingerprint density at radius 1 is 0.896 bits per heavy atom. The third-order valence-electron chi connectivity index (χ3n) is 21.1. The summed E-state index contributed by atoms with van der Waals surface area (Å²) >= 11 is 0. The van der Waals surface area contributed by atoms with E-state index in [0.29, 0.717) is 70.9 Å². The van der Waals surface area contributed by atoms with Crippen molar-refractivity contribution in [3.8, 4) is 0 Å². The minimum Gasteiger partial charge on any atom is -0.459 e. The van der Waals surface area contributed by atoms with Crippen molar-refractivity contribution in [2.24, 2.45) is 39.9 Å². The van der Waals surface area contributed by atoms with Gasteiger partial charge in [-0.1, -0.05) is 40.2 Å². The first-order chi connectivity index (χ1) is 35.9. The van der Waals surface area contributed by atoms with E-state index in [1.54, 1.807) is 27.7 Å². The summed E-state index contributed by atoms with van der Waals surface area (Å²) in [6.45, 7) is 21.7. The van der Waals surface area contributed by atoms with Gasteiger partial charge in [-0.25, -0.2) is 0 Å². The van der Waals surface area contributed by atoms with Crippen LogP contribution in [0.2, 0.25) is 0 Å². The smallest absolute Gasteiger partial charge is 0.311 e. The summed E-state index contributed by atoms with van der Waals surface area (Å²) in [6.07, 6.45) is -1.07. The van der Waals surface area contributed by atoms with Gasteiger partial charge in [0.25, 0.3) is 5.91 Å². The van der Waals surface area contributed by atoms with Crippen LogP contribution >= 0.6 is 0 Å². The lowest BCUT2D eigenvalue weighted by molar-refractivity contribution is -0.303. The van der Waals surface area contributed by atoms with Crippen molar-refractivity contribution >= 4 is 17.7 Å². The second kappa shape index (κ2) is 24.0. The Morgan fingerprint density at radius 2 is 1.60 bits per heavy atom. The third-order valence-corrected chi connectivity index (χ3v) is 21.1. The van der Waals surface area contributed by atoms with Crippen LogP contribution in [0.3, 0.4) is 0 Å². The summed E-state index contributed by atoms with van der Waals surface area (Å²) in [4.78, 5) is 45.5. The molecule has 18 nitrogen and oxygen atoms in total. The average molecular weight is 1090 g/mol. The number of allylic oxidation sites excluding steroid dienone is 1. The molecule has 0 radical (unpaired) electrons. The highest BCUT2D eigenvalue weighted by Gasteiger charge is 2.68. The normalized spacial score (nSPS) is 47.4. The molecule has 0 bridgehead atoms. The number of hydrogen-bond donors (Lipinski definition) is 7. The van der Waals surface area contributed by atoms with Gasteiger partial charge in [0.1, 0.15) is 35.6 Å². The lowest BCUT2D eigenvalue weighted by atomic mass is 9.45. The van der Waals surface area contributed by atoms with Crippen LogP contribution in [-0.2, 0) is 42.8 Å². The van der Waals surface area contributed by atoms with E-state index in [0.717, 1.165) is 18.4 Å². The van der Waals surface area contributed by atoms with Gasteiger partial charge in [0.2, 0.25) is 0 Å². The Bertz CT molecular complexity index is 2090. The number of cyclic esters (lactones) is 1. The molecule has 7 aliphatic rings. The standard InChI is InChI=1S/C59H101N3O15/c1-15-44-58(11,70)49(66)35(4)62(27-17-25-60-53(69)59(71)24-21-40-39-19-18-37-29-38(63)20-23-55(37,8)47(39)42(64)31-56(40,59)9)26-16-22-54(6,7)45(77-52-48(65)41(61(12)13)28-33(2)73-52)30-43(34(3)51(68)76-44)75-46-32-57(10,72-14)50(67)36(5)74-46/h29,33-36,39-50,52,64-67,70-71H,15-28,30-32H2,1-14H3,(H,60,69)/t33-,34+,35+,36+,39?,40?,41-,42?,43-,44+,45+,46+,47?,48?,49-,50+,52+,55-,56-,57-,58-,59-/m0/s1. The first-order valence-corrected chi connectivity index (χ1v) is 29.4. The van der Waals surface area contributed by atoms with Gasteiger partial charge >= 0.3 is 5.97 Å². The van der Waals surface area contributed by atoms with Gasteiger partial charge in [-0.15, -0.1) is 0 Å². The maximum absolute atomic E-state index is 14.6. The van der Waals surface area contributed by atoms with Gasteiger partial charge in [0.15, 0.2) is 18.4 Å². The molecule has 3 saturated carbocycles. The Labute approximate surface area is 459 Å². The molecule has 3 heterocycles. The van der Waals surface area contributed by atoms with Crippen LogP contribution in [0.25, 0.3) is 0 Å². The van der Waals surface area contributed by atoms with Gasteiger partial charge in [0, 0.05) is 57.0 Å². The van der Waals surface area contributed by atoms with Crippen molar-refractivity contribution in [1.29, 1.82) is 0 Å². The van der Waals surface area contributed by atoms with Gasteiger partial charge in [-0.05, 0) is 167 Å². The first kappa shape index (κ1) is 62.4. The molecule has 7 N–H and O–H groups in total. The average Bonchev–Trinajstić information content (AvgIpc) is 3.64. The molecule has 0 aromatic rings. The van der Waals surface area contributed by atoms with Crippen LogP contribution in [0.15, 0.2) is 11.6 Å². The number of carbonyl (C=O) groups is 3. The molecule has 6 fully saturated rings. The molecule has 22 atom stereocenters. The molecule has 77 heavy (non-hydrogen) atoms.